The van der Waals surface area contributed by atoms with E-state index in [4.69, 9.17) is 0 Å². The van der Waals surface area contributed by atoms with Gasteiger partial charge in [0, 0.05) is 6.54 Å². The van der Waals surface area contributed by atoms with Crippen molar-refractivity contribution in [1.29, 1.82) is 0 Å². The third kappa shape index (κ3) is 3.39. The zero-order chi connectivity index (χ0) is 14.0. The van der Waals surface area contributed by atoms with E-state index in [1.165, 1.54) is 70.9 Å². The van der Waals surface area contributed by atoms with E-state index in [2.05, 4.69) is 11.8 Å². The summed E-state index contributed by atoms with van der Waals surface area (Å²) < 4.78 is 0. The molecule has 2 aliphatic carbocycles. The van der Waals surface area contributed by atoms with Crippen LogP contribution in [-0.4, -0.2) is 35.7 Å². The van der Waals surface area contributed by atoms with Gasteiger partial charge in [0.2, 0.25) is 0 Å². The molecule has 3 atom stereocenters. The van der Waals surface area contributed by atoms with Crippen molar-refractivity contribution in [2.45, 2.75) is 77.2 Å². The number of hydrogen-bond donors (Lipinski definition) is 1. The van der Waals surface area contributed by atoms with Crippen molar-refractivity contribution in [1.82, 2.24) is 4.90 Å². The Balaban J connectivity index is 1.48. The summed E-state index contributed by atoms with van der Waals surface area (Å²) in [7, 11) is 0. The Morgan fingerprint density at radius 1 is 1.00 bits per heavy atom. The molecule has 0 amide bonds. The van der Waals surface area contributed by atoms with Crippen LogP contribution in [0.4, 0.5) is 0 Å². The van der Waals surface area contributed by atoms with Crippen LogP contribution in [0.5, 0.6) is 0 Å². The fourth-order valence-corrected chi connectivity index (χ4v) is 5.02. The van der Waals surface area contributed by atoms with Crippen molar-refractivity contribution in [3.63, 3.8) is 0 Å². The van der Waals surface area contributed by atoms with Gasteiger partial charge in [-0.05, 0) is 75.3 Å². The first-order chi connectivity index (χ1) is 9.67. The van der Waals surface area contributed by atoms with Crippen molar-refractivity contribution < 1.29 is 5.11 Å². The van der Waals surface area contributed by atoms with Gasteiger partial charge in [0.1, 0.15) is 0 Å². The molecule has 3 unspecified atom stereocenters. The first-order valence-electron chi connectivity index (χ1n) is 9.07. The smallest absolute Gasteiger partial charge is 0.0580 e. The minimum absolute atomic E-state index is 0.0308. The van der Waals surface area contributed by atoms with Gasteiger partial charge < -0.3 is 10.0 Å². The summed E-state index contributed by atoms with van der Waals surface area (Å²) in [6.07, 6.45) is 13.7. The minimum Gasteiger partial charge on any atom is -0.393 e. The van der Waals surface area contributed by atoms with E-state index < -0.39 is 0 Å². The normalized spacial score (nSPS) is 39.0. The lowest BCUT2D eigenvalue weighted by molar-refractivity contribution is 0.00746. The number of piperidine rings is 1. The van der Waals surface area contributed by atoms with Crippen LogP contribution in [0.2, 0.25) is 0 Å². The van der Waals surface area contributed by atoms with Gasteiger partial charge in [-0.1, -0.05) is 26.2 Å². The lowest BCUT2D eigenvalue weighted by Crippen LogP contribution is -2.45. The SMILES string of the molecule is CC1CCC(O)C(CN2CCC3(CCCCC3)CC2)C1. The van der Waals surface area contributed by atoms with E-state index in [1.54, 1.807) is 0 Å². The number of likely N-dealkylation sites (tertiary alicyclic amines) is 1. The molecule has 2 heteroatoms. The highest BCUT2D eigenvalue weighted by Gasteiger charge is 2.37. The number of aliphatic hydroxyl groups is 1. The molecular formula is C18H33NO. The zero-order valence-corrected chi connectivity index (χ0v) is 13.3. The van der Waals surface area contributed by atoms with Crippen LogP contribution in [0, 0.1) is 17.3 Å². The van der Waals surface area contributed by atoms with Crippen LogP contribution in [0.1, 0.15) is 71.1 Å². The molecular weight excluding hydrogens is 246 g/mol. The van der Waals surface area contributed by atoms with Gasteiger partial charge in [-0.25, -0.2) is 0 Å². The molecule has 0 aromatic carbocycles. The Hall–Kier alpha value is -0.0800. The highest BCUT2D eigenvalue weighted by molar-refractivity contribution is 4.89. The molecule has 2 saturated carbocycles. The quantitative estimate of drug-likeness (QED) is 0.830. The fourth-order valence-electron chi connectivity index (χ4n) is 5.02. The molecule has 1 heterocycles. The summed E-state index contributed by atoms with van der Waals surface area (Å²) in [6, 6.07) is 0. The van der Waals surface area contributed by atoms with Gasteiger partial charge in [-0.15, -0.1) is 0 Å². The maximum absolute atomic E-state index is 10.2. The van der Waals surface area contributed by atoms with Crippen LogP contribution >= 0.6 is 0 Å². The Morgan fingerprint density at radius 3 is 2.40 bits per heavy atom. The molecule has 3 aliphatic rings. The average molecular weight is 279 g/mol. The van der Waals surface area contributed by atoms with Crippen molar-refractivity contribution in [3.8, 4) is 0 Å². The van der Waals surface area contributed by atoms with E-state index >= 15 is 0 Å². The summed E-state index contributed by atoms with van der Waals surface area (Å²) in [4.78, 5) is 2.66. The Bertz CT molecular complexity index is 301. The monoisotopic (exact) mass is 279 g/mol. The molecule has 3 fully saturated rings. The van der Waals surface area contributed by atoms with Gasteiger partial charge in [0.05, 0.1) is 6.10 Å². The first kappa shape index (κ1) is 14.8. The lowest BCUT2D eigenvalue weighted by Gasteiger charge is -2.46. The predicted molar refractivity (Wildman–Crippen MR) is 83.7 cm³/mol. The van der Waals surface area contributed by atoms with E-state index in [9.17, 15) is 5.11 Å². The molecule has 0 aromatic heterocycles. The Kier molecular flexibility index (Phi) is 4.72. The van der Waals surface area contributed by atoms with Crippen molar-refractivity contribution in [3.05, 3.63) is 0 Å². The van der Waals surface area contributed by atoms with Crippen molar-refractivity contribution in [2.75, 3.05) is 19.6 Å². The number of aliphatic hydroxyl groups excluding tert-OH is 1. The summed E-state index contributed by atoms with van der Waals surface area (Å²) >= 11 is 0. The second-order valence-corrected chi connectivity index (χ2v) is 8.11. The Morgan fingerprint density at radius 2 is 1.70 bits per heavy atom. The van der Waals surface area contributed by atoms with E-state index in [1.807, 2.05) is 0 Å². The third-order valence-corrected chi connectivity index (χ3v) is 6.53. The van der Waals surface area contributed by atoms with Crippen LogP contribution in [-0.2, 0) is 0 Å². The molecule has 1 aliphatic heterocycles. The first-order valence-corrected chi connectivity index (χ1v) is 9.07. The molecule has 1 spiro atoms. The fraction of sp³-hybridized carbons (Fsp3) is 1.00. The largest absolute Gasteiger partial charge is 0.393 e. The number of rotatable bonds is 2. The Labute approximate surface area is 124 Å². The molecule has 116 valence electrons. The van der Waals surface area contributed by atoms with Crippen molar-refractivity contribution >= 4 is 0 Å². The average Bonchev–Trinajstić information content (AvgIpc) is 2.47. The van der Waals surface area contributed by atoms with Gasteiger partial charge in [0.25, 0.3) is 0 Å². The van der Waals surface area contributed by atoms with E-state index in [0.717, 1.165) is 18.9 Å². The molecule has 2 nitrogen and oxygen atoms in total. The van der Waals surface area contributed by atoms with Gasteiger partial charge >= 0.3 is 0 Å². The molecule has 0 radical (unpaired) electrons. The third-order valence-electron chi connectivity index (χ3n) is 6.53. The predicted octanol–water partition coefficient (Wildman–Crippen LogP) is 3.83. The summed E-state index contributed by atoms with van der Waals surface area (Å²) in [5.41, 5.74) is 0.715. The highest BCUT2D eigenvalue weighted by atomic mass is 16.3. The molecule has 3 rings (SSSR count). The topological polar surface area (TPSA) is 23.5 Å². The van der Waals surface area contributed by atoms with E-state index in [0.29, 0.717) is 11.3 Å². The molecule has 1 saturated heterocycles. The molecule has 0 aromatic rings. The van der Waals surface area contributed by atoms with Crippen LogP contribution in [0.25, 0.3) is 0 Å². The zero-order valence-electron chi connectivity index (χ0n) is 13.3. The molecule has 1 N–H and O–H groups in total. The second-order valence-electron chi connectivity index (χ2n) is 8.11. The summed E-state index contributed by atoms with van der Waals surface area (Å²) in [6.45, 7) is 6.09. The summed E-state index contributed by atoms with van der Waals surface area (Å²) in [5.74, 6) is 1.36. The van der Waals surface area contributed by atoms with Gasteiger partial charge in [0.15, 0.2) is 0 Å². The van der Waals surface area contributed by atoms with Crippen LogP contribution in [0.15, 0.2) is 0 Å². The van der Waals surface area contributed by atoms with Crippen LogP contribution < -0.4 is 0 Å². The summed E-state index contributed by atoms with van der Waals surface area (Å²) in [5, 5.41) is 10.2. The maximum Gasteiger partial charge on any atom is 0.0580 e. The van der Waals surface area contributed by atoms with Gasteiger partial charge in [-0.2, -0.15) is 0 Å². The van der Waals surface area contributed by atoms with Crippen LogP contribution in [0.3, 0.4) is 0 Å². The standard InChI is InChI=1S/C18H33NO/c1-15-5-6-17(20)16(13-15)14-19-11-9-18(10-12-19)7-3-2-4-8-18/h15-17,20H,2-14H2,1H3. The minimum atomic E-state index is -0.0308. The number of nitrogens with zero attached hydrogens (tertiary/aromatic N) is 1. The maximum atomic E-state index is 10.2. The second kappa shape index (κ2) is 6.36. The number of hydrogen-bond acceptors (Lipinski definition) is 2. The highest BCUT2D eigenvalue weighted by Crippen LogP contribution is 2.44. The van der Waals surface area contributed by atoms with Gasteiger partial charge in [-0.3, -0.25) is 0 Å². The van der Waals surface area contributed by atoms with E-state index in [-0.39, 0.29) is 6.10 Å². The lowest BCUT2D eigenvalue weighted by atomic mass is 9.68. The van der Waals surface area contributed by atoms with Crippen molar-refractivity contribution in [2.24, 2.45) is 17.3 Å². The molecule has 0 bridgehead atoms. The molecule has 20 heavy (non-hydrogen) atoms.